The van der Waals surface area contributed by atoms with Crippen molar-refractivity contribution in [1.82, 2.24) is 0 Å². The maximum absolute atomic E-state index is 9.53. The highest BCUT2D eigenvalue weighted by atomic mass is 79.9. The van der Waals surface area contributed by atoms with Crippen LogP contribution in [0.4, 0.5) is 5.69 Å². The number of para-hydroxylation sites is 2. The van der Waals surface area contributed by atoms with Gasteiger partial charge in [0.05, 0.1) is 22.7 Å². The SMILES string of the molecule is OCCN1/C(=C\C=C\c2cc[n+](Cc3ccccc3)c3ccccc23)Sc2ccccc21.[Br-]. The number of nitrogens with zero attached hydrogens (tertiary/aromatic N) is 2. The zero-order chi connectivity index (χ0) is 21.8. The van der Waals surface area contributed by atoms with Gasteiger partial charge in [0, 0.05) is 29.1 Å². The van der Waals surface area contributed by atoms with Gasteiger partial charge in [0.15, 0.2) is 12.7 Å². The molecule has 3 nitrogen and oxygen atoms in total. The van der Waals surface area contributed by atoms with E-state index in [2.05, 4.69) is 113 Å². The largest absolute Gasteiger partial charge is 1.00 e. The Bertz CT molecular complexity index is 1300. The number of hydrogen-bond donors (Lipinski definition) is 1. The summed E-state index contributed by atoms with van der Waals surface area (Å²) >= 11 is 1.75. The summed E-state index contributed by atoms with van der Waals surface area (Å²) in [6.07, 6.45) is 8.59. The number of thioether (sulfide) groups is 1. The van der Waals surface area contributed by atoms with Crippen molar-refractivity contribution < 1.29 is 26.7 Å². The van der Waals surface area contributed by atoms with Gasteiger partial charge in [-0.1, -0.05) is 78.5 Å². The topological polar surface area (TPSA) is 27.3 Å². The minimum absolute atomic E-state index is 0. The van der Waals surface area contributed by atoms with Gasteiger partial charge in [0.1, 0.15) is 0 Å². The summed E-state index contributed by atoms with van der Waals surface area (Å²) in [5, 5.41) is 11.9. The second-order valence-electron chi connectivity index (χ2n) is 7.71. The van der Waals surface area contributed by atoms with Gasteiger partial charge in [-0.25, -0.2) is 0 Å². The zero-order valence-electron chi connectivity index (χ0n) is 18.1. The molecule has 2 heterocycles. The first-order valence-electron chi connectivity index (χ1n) is 10.8. The number of hydrogen-bond acceptors (Lipinski definition) is 3. The smallest absolute Gasteiger partial charge is 0.213 e. The number of benzene rings is 3. The van der Waals surface area contributed by atoms with E-state index in [1.165, 1.54) is 32.6 Å². The quantitative estimate of drug-likeness (QED) is 0.399. The van der Waals surface area contributed by atoms with Crippen LogP contribution in [0.2, 0.25) is 0 Å². The van der Waals surface area contributed by atoms with Crippen molar-refractivity contribution >= 4 is 34.4 Å². The molecule has 1 aromatic heterocycles. The third kappa shape index (κ3) is 5.06. The molecular formula is C28H25BrN2OS. The molecule has 0 aliphatic carbocycles. The summed E-state index contributed by atoms with van der Waals surface area (Å²) in [6, 6.07) is 29.6. The maximum atomic E-state index is 9.53. The van der Waals surface area contributed by atoms with E-state index < -0.39 is 0 Å². The molecule has 0 fully saturated rings. The molecule has 1 N–H and O–H groups in total. The Morgan fingerprint density at radius 2 is 1.64 bits per heavy atom. The summed E-state index contributed by atoms with van der Waals surface area (Å²) in [7, 11) is 0. The number of halogens is 1. The lowest BCUT2D eigenvalue weighted by Gasteiger charge is -2.18. The molecule has 3 aromatic carbocycles. The summed E-state index contributed by atoms with van der Waals surface area (Å²) in [5.41, 5.74) is 4.86. The number of pyridine rings is 1. The average Bonchev–Trinajstić information content (AvgIpc) is 3.19. The predicted octanol–water partition coefficient (Wildman–Crippen LogP) is 2.64. The number of fused-ring (bicyclic) bond motifs is 2. The minimum Gasteiger partial charge on any atom is -1.00 e. The molecule has 0 unspecified atom stereocenters. The van der Waals surface area contributed by atoms with E-state index in [1.54, 1.807) is 11.8 Å². The van der Waals surface area contributed by atoms with E-state index in [-0.39, 0.29) is 23.6 Å². The fourth-order valence-electron chi connectivity index (χ4n) is 4.11. The van der Waals surface area contributed by atoms with Crippen LogP contribution in [0.15, 0.2) is 113 Å². The lowest BCUT2D eigenvalue weighted by molar-refractivity contribution is -0.662. The van der Waals surface area contributed by atoms with Gasteiger partial charge in [0.2, 0.25) is 5.52 Å². The van der Waals surface area contributed by atoms with Gasteiger partial charge in [0.25, 0.3) is 0 Å². The van der Waals surface area contributed by atoms with Crippen LogP contribution in [-0.4, -0.2) is 18.3 Å². The Labute approximate surface area is 209 Å². The Balaban J connectivity index is 0.00000259. The minimum atomic E-state index is 0. The standard InChI is InChI=1S/C28H25N2OS.BrH/c31-20-19-30-26-14-6-7-15-27(26)32-28(30)16-8-11-23-17-18-29(21-22-9-2-1-3-10-22)25-13-5-4-12-24(23)25;/h1-18,31H,19-21H2;1H/q+1;/p-1. The van der Waals surface area contributed by atoms with Crippen LogP contribution >= 0.6 is 11.8 Å². The Kier molecular flexibility index (Phi) is 7.65. The molecule has 1 aliphatic rings. The molecule has 0 spiro atoms. The molecule has 0 bridgehead atoms. The van der Waals surface area contributed by atoms with E-state index in [4.69, 9.17) is 0 Å². The maximum Gasteiger partial charge on any atom is 0.213 e. The zero-order valence-corrected chi connectivity index (χ0v) is 20.5. The van der Waals surface area contributed by atoms with Crippen LogP contribution in [0.25, 0.3) is 17.0 Å². The van der Waals surface area contributed by atoms with Gasteiger partial charge in [-0.05, 0) is 29.8 Å². The van der Waals surface area contributed by atoms with E-state index >= 15 is 0 Å². The molecular weight excluding hydrogens is 492 g/mol. The van der Waals surface area contributed by atoms with E-state index in [1.807, 2.05) is 6.07 Å². The second kappa shape index (κ2) is 10.8. The molecule has 5 heteroatoms. The number of rotatable bonds is 6. The van der Waals surface area contributed by atoms with Crippen LogP contribution in [0.3, 0.4) is 0 Å². The van der Waals surface area contributed by atoms with Gasteiger partial charge >= 0.3 is 0 Å². The molecule has 0 radical (unpaired) electrons. The molecule has 0 saturated heterocycles. The van der Waals surface area contributed by atoms with E-state index in [0.717, 1.165) is 11.6 Å². The number of aromatic nitrogens is 1. The highest BCUT2D eigenvalue weighted by molar-refractivity contribution is 8.03. The Hall–Kier alpha value is -2.86. The van der Waals surface area contributed by atoms with Crippen molar-refractivity contribution in [2.45, 2.75) is 11.4 Å². The highest BCUT2D eigenvalue weighted by Gasteiger charge is 2.23. The van der Waals surface area contributed by atoms with Crippen LogP contribution < -0.4 is 26.4 Å². The van der Waals surface area contributed by atoms with Crippen molar-refractivity contribution in [1.29, 1.82) is 0 Å². The number of allylic oxidation sites excluding steroid dienone is 2. The normalized spacial score (nSPS) is 14.1. The predicted molar refractivity (Wildman–Crippen MR) is 134 cm³/mol. The van der Waals surface area contributed by atoms with Crippen molar-refractivity contribution in [3.63, 3.8) is 0 Å². The number of anilines is 1. The van der Waals surface area contributed by atoms with Crippen LogP contribution in [0.1, 0.15) is 11.1 Å². The molecule has 0 atom stereocenters. The van der Waals surface area contributed by atoms with Crippen LogP contribution in [0, 0.1) is 0 Å². The molecule has 166 valence electrons. The third-order valence-electron chi connectivity index (χ3n) is 5.63. The Morgan fingerprint density at radius 3 is 2.48 bits per heavy atom. The molecule has 5 rings (SSSR count). The van der Waals surface area contributed by atoms with E-state index in [9.17, 15) is 5.11 Å². The average molecular weight is 517 g/mol. The molecule has 0 saturated carbocycles. The lowest BCUT2D eigenvalue weighted by atomic mass is 10.1. The van der Waals surface area contributed by atoms with Crippen molar-refractivity contribution in [3.8, 4) is 0 Å². The first-order valence-corrected chi connectivity index (χ1v) is 11.6. The molecule has 0 amide bonds. The highest BCUT2D eigenvalue weighted by Crippen LogP contribution is 2.45. The fourth-order valence-corrected chi connectivity index (χ4v) is 5.21. The summed E-state index contributed by atoms with van der Waals surface area (Å²) in [5.74, 6) is 0. The van der Waals surface area contributed by atoms with E-state index in [0.29, 0.717) is 6.54 Å². The molecule has 4 aromatic rings. The molecule has 1 aliphatic heterocycles. The first kappa shape index (κ1) is 23.3. The van der Waals surface area contributed by atoms with Crippen molar-refractivity contribution in [2.24, 2.45) is 0 Å². The van der Waals surface area contributed by atoms with Crippen molar-refractivity contribution in [3.05, 3.63) is 119 Å². The first-order chi connectivity index (χ1) is 15.8. The van der Waals surface area contributed by atoms with Crippen molar-refractivity contribution in [2.75, 3.05) is 18.1 Å². The van der Waals surface area contributed by atoms with Gasteiger partial charge in [-0.3, -0.25) is 0 Å². The third-order valence-corrected chi connectivity index (χ3v) is 6.76. The molecule has 33 heavy (non-hydrogen) atoms. The van der Waals surface area contributed by atoms with Gasteiger partial charge in [-0.15, -0.1) is 0 Å². The van der Waals surface area contributed by atoms with Crippen LogP contribution in [-0.2, 0) is 6.54 Å². The summed E-state index contributed by atoms with van der Waals surface area (Å²) in [6.45, 7) is 1.57. The number of aliphatic hydroxyl groups is 1. The van der Waals surface area contributed by atoms with Gasteiger partial charge < -0.3 is 27.0 Å². The number of β-amino-alcohol motifs (C(OH)–C–C–N with tert-alkyl or cyclic N) is 1. The Morgan fingerprint density at radius 1 is 0.879 bits per heavy atom. The summed E-state index contributed by atoms with van der Waals surface area (Å²) in [4.78, 5) is 3.41. The summed E-state index contributed by atoms with van der Waals surface area (Å²) < 4.78 is 2.30. The number of aliphatic hydroxyl groups excluding tert-OH is 1. The lowest BCUT2D eigenvalue weighted by Crippen LogP contribution is -3.00. The van der Waals surface area contributed by atoms with Crippen LogP contribution in [0.5, 0.6) is 0 Å². The van der Waals surface area contributed by atoms with Gasteiger partial charge in [-0.2, -0.15) is 4.57 Å². The second-order valence-corrected chi connectivity index (χ2v) is 8.77. The fraction of sp³-hybridized carbons (Fsp3) is 0.107. The monoisotopic (exact) mass is 516 g/mol.